The van der Waals surface area contributed by atoms with Gasteiger partial charge in [0.25, 0.3) is 5.91 Å². The molecule has 0 bridgehead atoms. The molecule has 0 atom stereocenters. The Morgan fingerprint density at radius 3 is 2.71 bits per heavy atom. The quantitative estimate of drug-likeness (QED) is 0.851. The number of rotatable bonds is 6. The van der Waals surface area contributed by atoms with Crippen molar-refractivity contribution >= 4 is 28.3 Å². The summed E-state index contributed by atoms with van der Waals surface area (Å²) in [7, 11) is 0. The van der Waals surface area contributed by atoms with Gasteiger partial charge in [0.15, 0.2) is 11.7 Å². The highest BCUT2D eigenvalue weighted by Gasteiger charge is 2.09. The molecule has 0 spiro atoms. The van der Waals surface area contributed by atoms with Gasteiger partial charge in [0, 0.05) is 5.38 Å². The van der Waals surface area contributed by atoms with E-state index < -0.39 is 11.9 Å². The van der Waals surface area contributed by atoms with E-state index in [9.17, 15) is 14.0 Å². The minimum atomic E-state index is -0.988. The molecular formula is C13H11FN2O4S. The topological polar surface area (TPSA) is 88.5 Å². The molecule has 1 aromatic carbocycles. The van der Waals surface area contributed by atoms with Crippen LogP contribution < -0.4 is 10.1 Å². The molecule has 1 heterocycles. The first kappa shape index (κ1) is 14.9. The van der Waals surface area contributed by atoms with Gasteiger partial charge in [-0.05, 0) is 24.3 Å². The van der Waals surface area contributed by atoms with Crippen molar-refractivity contribution < 1.29 is 23.8 Å². The number of carbonyl (C=O) groups excluding carboxylic acids is 1. The lowest BCUT2D eigenvalue weighted by molar-refractivity contribution is -0.136. The number of halogens is 1. The first-order valence-corrected chi connectivity index (χ1v) is 6.75. The Bertz CT molecular complexity index is 642. The Kier molecular flexibility index (Phi) is 4.83. The fraction of sp³-hybridized carbons (Fsp3) is 0.154. The van der Waals surface area contributed by atoms with E-state index in [-0.39, 0.29) is 18.8 Å². The molecule has 0 aliphatic rings. The number of anilines is 1. The fourth-order valence-corrected chi connectivity index (χ4v) is 2.16. The zero-order chi connectivity index (χ0) is 15.2. The molecule has 6 nitrogen and oxygen atoms in total. The number of thiazole rings is 1. The van der Waals surface area contributed by atoms with Crippen LogP contribution in [0.25, 0.3) is 0 Å². The molecule has 2 aromatic rings. The van der Waals surface area contributed by atoms with Crippen molar-refractivity contribution in [2.75, 3.05) is 11.9 Å². The van der Waals surface area contributed by atoms with Crippen LogP contribution in [-0.2, 0) is 16.0 Å². The third-order valence-corrected chi connectivity index (χ3v) is 3.12. The summed E-state index contributed by atoms with van der Waals surface area (Å²) < 4.78 is 17.9. The van der Waals surface area contributed by atoms with Gasteiger partial charge in [-0.15, -0.1) is 11.3 Å². The van der Waals surface area contributed by atoms with Gasteiger partial charge in [-0.25, -0.2) is 9.37 Å². The van der Waals surface area contributed by atoms with E-state index in [1.165, 1.54) is 24.3 Å². The maximum Gasteiger partial charge on any atom is 0.309 e. The van der Waals surface area contributed by atoms with Gasteiger partial charge < -0.3 is 9.84 Å². The molecule has 0 aliphatic heterocycles. The van der Waals surface area contributed by atoms with Gasteiger partial charge >= 0.3 is 5.97 Å². The molecule has 21 heavy (non-hydrogen) atoms. The molecule has 0 radical (unpaired) electrons. The standard InChI is InChI=1S/C13H11FN2O4S/c14-8-1-3-10(4-2-8)20-6-11(17)16-13-15-9(7-21-13)5-12(18)19/h1-4,7H,5-6H2,(H,18,19)(H,15,16,17). The summed E-state index contributed by atoms with van der Waals surface area (Å²) >= 11 is 1.13. The number of ether oxygens (including phenoxy) is 1. The number of benzene rings is 1. The lowest BCUT2D eigenvalue weighted by atomic mass is 10.3. The summed E-state index contributed by atoms with van der Waals surface area (Å²) in [6, 6.07) is 5.28. The number of carbonyl (C=O) groups is 2. The molecule has 0 saturated heterocycles. The van der Waals surface area contributed by atoms with Gasteiger partial charge in [-0.2, -0.15) is 0 Å². The van der Waals surface area contributed by atoms with E-state index in [0.29, 0.717) is 16.6 Å². The largest absolute Gasteiger partial charge is 0.484 e. The number of aromatic nitrogens is 1. The predicted octanol–water partition coefficient (Wildman–Crippen LogP) is 1.93. The molecule has 8 heteroatoms. The van der Waals surface area contributed by atoms with Gasteiger partial charge in [0.1, 0.15) is 11.6 Å². The third kappa shape index (κ3) is 4.84. The van der Waals surface area contributed by atoms with E-state index in [1.807, 2.05) is 0 Å². The molecule has 2 rings (SSSR count). The highest BCUT2D eigenvalue weighted by Crippen LogP contribution is 2.16. The van der Waals surface area contributed by atoms with Crippen LogP contribution in [0.2, 0.25) is 0 Å². The van der Waals surface area contributed by atoms with Crippen molar-refractivity contribution in [3.63, 3.8) is 0 Å². The number of carboxylic acid groups (broad SMARTS) is 1. The van der Waals surface area contributed by atoms with Gasteiger partial charge in [0.2, 0.25) is 0 Å². The molecule has 2 N–H and O–H groups in total. The van der Waals surface area contributed by atoms with E-state index in [1.54, 1.807) is 5.38 Å². The highest BCUT2D eigenvalue weighted by molar-refractivity contribution is 7.13. The van der Waals surface area contributed by atoms with Crippen LogP contribution in [0.5, 0.6) is 5.75 Å². The molecule has 0 unspecified atom stereocenters. The lowest BCUT2D eigenvalue weighted by Gasteiger charge is -2.05. The Morgan fingerprint density at radius 1 is 1.33 bits per heavy atom. The summed E-state index contributed by atoms with van der Waals surface area (Å²) in [4.78, 5) is 26.1. The van der Waals surface area contributed by atoms with E-state index in [4.69, 9.17) is 9.84 Å². The summed E-state index contributed by atoms with van der Waals surface area (Å²) in [6.45, 7) is -0.251. The monoisotopic (exact) mass is 310 g/mol. The SMILES string of the molecule is O=C(O)Cc1csc(NC(=O)COc2ccc(F)cc2)n1. The van der Waals surface area contributed by atoms with Gasteiger partial charge in [-0.1, -0.05) is 0 Å². The molecule has 0 aliphatic carbocycles. The zero-order valence-electron chi connectivity index (χ0n) is 10.7. The number of aliphatic carboxylic acids is 1. The van der Waals surface area contributed by atoms with Crippen LogP contribution >= 0.6 is 11.3 Å². The number of nitrogens with one attached hydrogen (secondary N) is 1. The molecule has 1 amide bonds. The van der Waals surface area contributed by atoms with Crippen molar-refractivity contribution in [3.05, 3.63) is 41.2 Å². The number of carboxylic acids is 1. The molecule has 0 saturated carbocycles. The normalized spacial score (nSPS) is 10.1. The second-order valence-corrected chi connectivity index (χ2v) is 4.86. The van der Waals surface area contributed by atoms with Crippen LogP contribution in [0, 0.1) is 5.82 Å². The fourth-order valence-electron chi connectivity index (χ4n) is 1.44. The number of nitrogens with zero attached hydrogens (tertiary/aromatic N) is 1. The van der Waals surface area contributed by atoms with E-state index in [0.717, 1.165) is 11.3 Å². The van der Waals surface area contributed by atoms with Crippen molar-refractivity contribution in [1.82, 2.24) is 4.98 Å². The zero-order valence-corrected chi connectivity index (χ0v) is 11.5. The summed E-state index contributed by atoms with van der Waals surface area (Å²) in [5.41, 5.74) is 0.377. The Balaban J connectivity index is 1.82. The van der Waals surface area contributed by atoms with Crippen LogP contribution in [0.15, 0.2) is 29.6 Å². The van der Waals surface area contributed by atoms with Gasteiger partial charge in [0.05, 0.1) is 12.1 Å². The molecule has 0 fully saturated rings. The summed E-state index contributed by atoms with van der Waals surface area (Å²) in [5, 5.41) is 13.0. The van der Waals surface area contributed by atoms with Crippen molar-refractivity contribution in [2.45, 2.75) is 6.42 Å². The van der Waals surface area contributed by atoms with E-state index >= 15 is 0 Å². The predicted molar refractivity (Wildman–Crippen MR) is 74.0 cm³/mol. The Labute approximate surface area is 123 Å². The molecule has 110 valence electrons. The van der Waals surface area contributed by atoms with Gasteiger partial charge in [-0.3, -0.25) is 14.9 Å². The Morgan fingerprint density at radius 2 is 2.05 bits per heavy atom. The first-order chi connectivity index (χ1) is 10.0. The minimum Gasteiger partial charge on any atom is -0.484 e. The second kappa shape index (κ2) is 6.80. The van der Waals surface area contributed by atoms with E-state index in [2.05, 4.69) is 10.3 Å². The van der Waals surface area contributed by atoms with Crippen LogP contribution in [0.1, 0.15) is 5.69 Å². The average molecular weight is 310 g/mol. The van der Waals surface area contributed by atoms with Crippen LogP contribution in [0.4, 0.5) is 9.52 Å². The van der Waals surface area contributed by atoms with Crippen molar-refractivity contribution in [3.8, 4) is 5.75 Å². The van der Waals surface area contributed by atoms with Crippen molar-refractivity contribution in [2.24, 2.45) is 0 Å². The number of hydrogen-bond acceptors (Lipinski definition) is 5. The molecular weight excluding hydrogens is 299 g/mol. The smallest absolute Gasteiger partial charge is 0.309 e. The van der Waals surface area contributed by atoms with Crippen LogP contribution in [0.3, 0.4) is 0 Å². The number of hydrogen-bond donors (Lipinski definition) is 2. The Hall–Kier alpha value is -2.48. The molecule has 1 aromatic heterocycles. The summed E-state index contributed by atoms with van der Waals surface area (Å²) in [5.74, 6) is -1.44. The first-order valence-electron chi connectivity index (χ1n) is 5.87. The lowest BCUT2D eigenvalue weighted by Crippen LogP contribution is -2.20. The highest BCUT2D eigenvalue weighted by atomic mass is 32.1. The average Bonchev–Trinajstić information content (AvgIpc) is 2.84. The van der Waals surface area contributed by atoms with Crippen molar-refractivity contribution in [1.29, 1.82) is 0 Å². The maximum absolute atomic E-state index is 12.7. The number of amides is 1. The second-order valence-electron chi connectivity index (χ2n) is 4.01. The summed E-state index contributed by atoms with van der Waals surface area (Å²) in [6.07, 6.45) is -0.196. The third-order valence-electron chi connectivity index (χ3n) is 2.31. The minimum absolute atomic E-state index is 0.196. The van der Waals surface area contributed by atoms with Crippen LogP contribution in [-0.4, -0.2) is 28.6 Å². The maximum atomic E-state index is 12.7.